The Kier molecular flexibility index (Phi) is 2.95. The quantitative estimate of drug-likeness (QED) is 0.684. The summed E-state index contributed by atoms with van der Waals surface area (Å²) < 4.78 is 6.61. The van der Waals surface area contributed by atoms with Crippen molar-refractivity contribution in [2.75, 3.05) is 13.6 Å². The van der Waals surface area contributed by atoms with Crippen molar-refractivity contribution >= 4 is 11.8 Å². The van der Waals surface area contributed by atoms with E-state index < -0.39 is 17.5 Å². The van der Waals surface area contributed by atoms with Crippen LogP contribution in [0.4, 0.5) is 0 Å². The normalized spacial score (nSPS) is 36.6. The SMILES string of the molecule is CN1C(=O)C(=O)NCC12CC13CCCCC1=CN1C=CCCC1=C3O2. The summed E-state index contributed by atoms with van der Waals surface area (Å²) in [5.74, 6) is 0.00173. The van der Waals surface area contributed by atoms with Crippen molar-refractivity contribution in [3.8, 4) is 0 Å². The van der Waals surface area contributed by atoms with Crippen molar-refractivity contribution in [2.24, 2.45) is 5.41 Å². The van der Waals surface area contributed by atoms with Gasteiger partial charge < -0.3 is 15.0 Å². The molecule has 0 aromatic heterocycles. The van der Waals surface area contributed by atoms with Gasteiger partial charge in [0.15, 0.2) is 0 Å². The minimum Gasteiger partial charge on any atom is -0.467 e. The highest BCUT2D eigenvalue weighted by Gasteiger charge is 2.62. The van der Waals surface area contributed by atoms with Gasteiger partial charge in [-0.25, -0.2) is 0 Å². The van der Waals surface area contributed by atoms with Gasteiger partial charge in [-0.2, -0.15) is 0 Å². The van der Waals surface area contributed by atoms with E-state index in [9.17, 15) is 9.59 Å². The third-order valence-electron chi connectivity index (χ3n) is 6.54. The lowest BCUT2D eigenvalue weighted by atomic mass is 9.65. The van der Waals surface area contributed by atoms with Crippen molar-refractivity contribution in [1.82, 2.24) is 15.1 Å². The van der Waals surface area contributed by atoms with Gasteiger partial charge in [-0.15, -0.1) is 0 Å². The molecule has 5 aliphatic rings. The number of allylic oxidation sites excluding steroid dienone is 3. The van der Waals surface area contributed by atoms with E-state index in [1.807, 2.05) is 0 Å². The van der Waals surface area contributed by atoms with Gasteiger partial charge in [-0.05, 0) is 37.7 Å². The molecule has 4 heterocycles. The summed E-state index contributed by atoms with van der Waals surface area (Å²) in [4.78, 5) is 27.8. The smallest absolute Gasteiger partial charge is 0.314 e. The number of ether oxygens (including phenoxy) is 1. The molecule has 0 aromatic carbocycles. The predicted octanol–water partition coefficient (Wildman–Crippen LogP) is 1.97. The molecule has 2 unspecified atom stereocenters. The lowest BCUT2D eigenvalue weighted by molar-refractivity contribution is -0.169. The average molecular weight is 341 g/mol. The molecular formula is C19H23N3O3. The number of nitrogens with zero attached hydrogens (tertiary/aromatic N) is 2. The van der Waals surface area contributed by atoms with Crippen LogP contribution in [-0.4, -0.2) is 40.9 Å². The fraction of sp³-hybridized carbons (Fsp3) is 0.579. The van der Waals surface area contributed by atoms with Crippen LogP contribution in [0.2, 0.25) is 0 Å². The maximum absolute atomic E-state index is 12.3. The van der Waals surface area contributed by atoms with Crippen LogP contribution >= 0.6 is 0 Å². The second kappa shape index (κ2) is 4.90. The second-order valence-electron chi connectivity index (χ2n) is 7.82. The van der Waals surface area contributed by atoms with Crippen LogP contribution < -0.4 is 5.32 Å². The van der Waals surface area contributed by atoms with E-state index in [0.29, 0.717) is 6.54 Å². The number of hydrogen-bond donors (Lipinski definition) is 1. The Labute approximate surface area is 147 Å². The fourth-order valence-electron chi connectivity index (χ4n) is 5.18. The summed E-state index contributed by atoms with van der Waals surface area (Å²) in [6, 6.07) is 0. The summed E-state index contributed by atoms with van der Waals surface area (Å²) in [5, 5.41) is 2.74. The maximum atomic E-state index is 12.3. The van der Waals surface area contributed by atoms with Crippen molar-refractivity contribution in [1.29, 1.82) is 0 Å². The Bertz CT molecular complexity index is 768. The van der Waals surface area contributed by atoms with E-state index in [0.717, 1.165) is 37.9 Å². The molecule has 0 radical (unpaired) electrons. The third-order valence-corrected chi connectivity index (χ3v) is 6.54. The Morgan fingerprint density at radius 3 is 3.00 bits per heavy atom. The van der Waals surface area contributed by atoms with Crippen molar-refractivity contribution < 1.29 is 14.3 Å². The van der Waals surface area contributed by atoms with Gasteiger partial charge in [0.05, 0.1) is 17.7 Å². The minimum absolute atomic E-state index is 0.105. The molecule has 6 nitrogen and oxygen atoms in total. The second-order valence-corrected chi connectivity index (χ2v) is 7.82. The summed E-state index contributed by atoms with van der Waals surface area (Å²) in [6.07, 6.45) is 13.8. The number of rotatable bonds is 0. The molecule has 2 saturated heterocycles. The van der Waals surface area contributed by atoms with Crippen LogP contribution in [0.3, 0.4) is 0 Å². The van der Waals surface area contributed by atoms with Gasteiger partial charge in [0.25, 0.3) is 0 Å². The highest BCUT2D eigenvalue weighted by atomic mass is 16.5. The number of fused-ring (bicyclic) bond motifs is 1. The Morgan fingerprint density at radius 2 is 2.12 bits per heavy atom. The van der Waals surface area contributed by atoms with Crippen molar-refractivity contribution in [2.45, 2.75) is 50.7 Å². The summed E-state index contributed by atoms with van der Waals surface area (Å²) in [6.45, 7) is 0.357. The van der Waals surface area contributed by atoms with Crippen LogP contribution in [0.25, 0.3) is 0 Å². The van der Waals surface area contributed by atoms with E-state index in [1.165, 1.54) is 29.0 Å². The van der Waals surface area contributed by atoms with Crippen LogP contribution in [-0.2, 0) is 14.3 Å². The van der Waals surface area contributed by atoms with Gasteiger partial charge in [0.2, 0.25) is 5.72 Å². The lowest BCUT2D eigenvalue weighted by Gasteiger charge is -2.43. The zero-order chi connectivity index (χ0) is 17.2. The molecular weight excluding hydrogens is 318 g/mol. The molecule has 2 atom stereocenters. The predicted molar refractivity (Wildman–Crippen MR) is 90.4 cm³/mol. The molecule has 2 spiro atoms. The van der Waals surface area contributed by atoms with Gasteiger partial charge in [0, 0.05) is 25.9 Å². The average Bonchev–Trinajstić information content (AvgIpc) is 2.97. The third kappa shape index (κ3) is 1.85. The molecule has 2 amide bonds. The van der Waals surface area contributed by atoms with E-state index in [-0.39, 0.29) is 5.41 Å². The van der Waals surface area contributed by atoms with E-state index in [2.05, 4.69) is 28.7 Å². The zero-order valence-electron chi connectivity index (χ0n) is 14.5. The molecule has 0 bridgehead atoms. The lowest BCUT2D eigenvalue weighted by Crippen LogP contribution is -2.64. The first-order chi connectivity index (χ1) is 12.1. The largest absolute Gasteiger partial charge is 0.467 e. The molecule has 1 aliphatic carbocycles. The fourth-order valence-corrected chi connectivity index (χ4v) is 5.18. The molecule has 1 saturated carbocycles. The number of nitrogens with one attached hydrogen (secondary N) is 1. The highest BCUT2D eigenvalue weighted by Crippen LogP contribution is 2.61. The van der Waals surface area contributed by atoms with Gasteiger partial charge in [-0.1, -0.05) is 12.5 Å². The van der Waals surface area contributed by atoms with Gasteiger partial charge in [0.1, 0.15) is 5.76 Å². The van der Waals surface area contributed by atoms with Crippen molar-refractivity contribution in [3.63, 3.8) is 0 Å². The number of piperazine rings is 1. The Balaban J connectivity index is 1.64. The molecule has 25 heavy (non-hydrogen) atoms. The van der Waals surface area contributed by atoms with Crippen LogP contribution in [0.15, 0.2) is 35.5 Å². The summed E-state index contributed by atoms with van der Waals surface area (Å²) in [5.41, 5.74) is 1.77. The monoisotopic (exact) mass is 341 g/mol. The van der Waals surface area contributed by atoms with E-state index in [4.69, 9.17) is 4.74 Å². The molecule has 5 rings (SSSR count). The standard InChI is InChI=1S/C19H23N3O3/c1-21-17(24)16(23)20-12-19(21)11-18-8-4-2-6-13(18)10-22-9-5-3-7-14(22)15(18)25-19/h5,9-10H,2-4,6-8,11-12H2,1H3,(H,20,23). The topological polar surface area (TPSA) is 61.9 Å². The van der Waals surface area contributed by atoms with Crippen molar-refractivity contribution in [3.05, 3.63) is 35.5 Å². The zero-order valence-corrected chi connectivity index (χ0v) is 14.5. The first kappa shape index (κ1) is 15.0. The number of likely N-dealkylation sites (N-methyl/N-ethyl adjacent to an activating group) is 1. The minimum atomic E-state index is -0.763. The van der Waals surface area contributed by atoms with E-state index >= 15 is 0 Å². The van der Waals surface area contributed by atoms with Crippen LogP contribution in [0.1, 0.15) is 44.9 Å². The molecule has 132 valence electrons. The molecule has 3 fully saturated rings. The summed E-state index contributed by atoms with van der Waals surface area (Å²) >= 11 is 0. The summed E-state index contributed by atoms with van der Waals surface area (Å²) in [7, 11) is 1.70. The van der Waals surface area contributed by atoms with Gasteiger partial charge in [-0.3, -0.25) is 14.5 Å². The Morgan fingerprint density at radius 1 is 1.24 bits per heavy atom. The molecule has 4 aliphatic heterocycles. The highest BCUT2D eigenvalue weighted by molar-refractivity contribution is 6.35. The first-order valence-corrected chi connectivity index (χ1v) is 9.21. The number of carbonyl (C=O) groups is 2. The van der Waals surface area contributed by atoms with Gasteiger partial charge >= 0.3 is 11.8 Å². The first-order valence-electron chi connectivity index (χ1n) is 9.21. The van der Waals surface area contributed by atoms with Crippen LogP contribution in [0.5, 0.6) is 0 Å². The van der Waals surface area contributed by atoms with Crippen LogP contribution in [0, 0.1) is 5.41 Å². The molecule has 1 N–H and O–H groups in total. The molecule has 0 aromatic rings. The number of amides is 2. The van der Waals surface area contributed by atoms with E-state index in [1.54, 1.807) is 7.05 Å². The number of carbonyl (C=O) groups excluding carboxylic acids is 2. The molecule has 6 heteroatoms. The maximum Gasteiger partial charge on any atom is 0.314 e. The Hall–Kier alpha value is -2.24. The number of hydrogen-bond acceptors (Lipinski definition) is 4.